The Hall–Kier alpha value is -1.87. The van der Waals surface area contributed by atoms with Crippen molar-refractivity contribution in [3.8, 4) is 5.75 Å². The maximum absolute atomic E-state index is 14.0. The predicted molar refractivity (Wildman–Crippen MR) is 98.0 cm³/mol. The number of nitrogens with one attached hydrogen (secondary N) is 1. The molecule has 1 amide bonds. The van der Waals surface area contributed by atoms with Gasteiger partial charge in [-0.25, -0.2) is 9.18 Å². The summed E-state index contributed by atoms with van der Waals surface area (Å²) >= 11 is 0. The molecule has 1 aliphatic rings. The van der Waals surface area contributed by atoms with Gasteiger partial charge in [-0.1, -0.05) is 0 Å². The topological polar surface area (TPSA) is 102 Å². The van der Waals surface area contributed by atoms with E-state index in [0.29, 0.717) is 29.7 Å². The van der Waals surface area contributed by atoms with E-state index in [4.69, 9.17) is 14.0 Å². The molecule has 0 aromatic heterocycles. The van der Waals surface area contributed by atoms with Crippen LogP contribution in [0.3, 0.4) is 0 Å². The highest BCUT2D eigenvalue weighted by Gasteiger charge is 2.29. The number of carbonyl (C=O) groups excluding carboxylic acids is 1. The van der Waals surface area contributed by atoms with Gasteiger partial charge in [-0.15, -0.1) is 0 Å². The van der Waals surface area contributed by atoms with E-state index in [0.717, 1.165) is 0 Å². The molecule has 1 unspecified atom stereocenters. The fourth-order valence-corrected chi connectivity index (χ4v) is 3.49. The molecule has 0 aliphatic carbocycles. The third kappa shape index (κ3) is 6.66. The fraction of sp³-hybridized carbons (Fsp3) is 0.611. The first-order chi connectivity index (χ1) is 12.3. The zero-order valence-electron chi connectivity index (χ0n) is 15.9. The van der Waals surface area contributed by atoms with E-state index in [1.807, 2.05) is 0 Å². The largest absolute Gasteiger partial charge is 0.489 e. The highest BCUT2D eigenvalue weighted by molar-refractivity contribution is 7.85. The molecule has 2 atom stereocenters. The monoisotopic (exact) mass is 403 g/mol. The van der Waals surface area contributed by atoms with Crippen LogP contribution in [-0.4, -0.2) is 36.5 Å². The minimum absolute atomic E-state index is 0.237. The van der Waals surface area contributed by atoms with E-state index < -0.39 is 33.7 Å². The molecule has 1 aromatic carbocycles. The van der Waals surface area contributed by atoms with E-state index in [2.05, 4.69) is 5.32 Å². The maximum atomic E-state index is 14.0. The van der Waals surface area contributed by atoms with Crippen molar-refractivity contribution >= 4 is 16.2 Å². The number of halogens is 1. The molecular formula is C18H26FNO6S. The van der Waals surface area contributed by atoms with Crippen molar-refractivity contribution in [2.24, 2.45) is 0 Å². The lowest BCUT2D eigenvalue weighted by atomic mass is 10.0. The van der Waals surface area contributed by atoms with Crippen molar-refractivity contribution in [2.75, 3.05) is 5.75 Å². The molecule has 0 saturated heterocycles. The van der Waals surface area contributed by atoms with Crippen molar-refractivity contribution in [3.05, 3.63) is 29.1 Å². The molecule has 1 heterocycles. The second-order valence-electron chi connectivity index (χ2n) is 7.72. The molecule has 27 heavy (non-hydrogen) atoms. The molecule has 1 aromatic rings. The first kappa shape index (κ1) is 21.4. The van der Waals surface area contributed by atoms with Crippen LogP contribution in [0, 0.1) is 5.82 Å². The van der Waals surface area contributed by atoms with Gasteiger partial charge in [0.05, 0.1) is 11.8 Å². The second kappa shape index (κ2) is 8.02. The molecule has 0 saturated carbocycles. The Morgan fingerprint density at radius 1 is 1.44 bits per heavy atom. The first-order valence-electron chi connectivity index (χ1n) is 8.78. The summed E-state index contributed by atoms with van der Waals surface area (Å²) in [7, 11) is -4.02. The summed E-state index contributed by atoms with van der Waals surface area (Å²) in [6.45, 7) is 6.94. The van der Waals surface area contributed by atoms with Crippen LogP contribution in [0.25, 0.3) is 0 Å². The summed E-state index contributed by atoms with van der Waals surface area (Å²) in [5.41, 5.74) is 0.510. The van der Waals surface area contributed by atoms with Crippen molar-refractivity contribution < 1.29 is 31.6 Å². The van der Waals surface area contributed by atoms with Crippen molar-refractivity contribution in [1.29, 1.82) is 0 Å². The molecule has 0 fully saturated rings. The van der Waals surface area contributed by atoms with Gasteiger partial charge in [0.2, 0.25) is 0 Å². The number of amides is 1. The number of hydrogen-bond donors (Lipinski definition) is 2. The van der Waals surface area contributed by atoms with Gasteiger partial charge in [-0.3, -0.25) is 4.55 Å². The molecule has 2 rings (SSSR count). The van der Waals surface area contributed by atoms with Crippen LogP contribution >= 0.6 is 0 Å². The van der Waals surface area contributed by atoms with Crippen LogP contribution in [0.15, 0.2) is 12.1 Å². The summed E-state index contributed by atoms with van der Waals surface area (Å²) in [6.07, 6.45) is 0.154. The summed E-state index contributed by atoms with van der Waals surface area (Å²) in [6, 6.07) is 2.14. The van der Waals surface area contributed by atoms with E-state index >= 15 is 0 Å². The van der Waals surface area contributed by atoms with Gasteiger partial charge < -0.3 is 14.8 Å². The quantitative estimate of drug-likeness (QED) is 0.706. The summed E-state index contributed by atoms with van der Waals surface area (Å²) in [5, 5.41) is 2.67. The molecule has 0 spiro atoms. The Morgan fingerprint density at radius 2 is 2.11 bits per heavy atom. The van der Waals surface area contributed by atoms with Crippen LogP contribution in [0.2, 0.25) is 0 Å². The number of carbonyl (C=O) groups is 1. The number of benzene rings is 1. The van der Waals surface area contributed by atoms with Crippen LogP contribution < -0.4 is 10.1 Å². The van der Waals surface area contributed by atoms with Gasteiger partial charge in [-0.2, -0.15) is 8.42 Å². The van der Waals surface area contributed by atoms with E-state index in [1.165, 1.54) is 12.1 Å². The zero-order valence-corrected chi connectivity index (χ0v) is 16.7. The average molecular weight is 403 g/mol. The number of rotatable bonds is 6. The summed E-state index contributed by atoms with van der Waals surface area (Å²) in [4.78, 5) is 12.0. The standard InChI is InChI=1S/C18H26FNO6S/c1-11(20-17(21)26-18(2,3)4)15-10-13(19)8-12-9-14(25-16(12)15)6-5-7-27(22,23)24/h8,10-11,14H,5-7,9H2,1-4H3,(H,20,21)(H,22,23,24)/t11-,14?/m1/s1. The third-order valence-corrected chi connectivity index (χ3v) is 4.82. The molecule has 2 N–H and O–H groups in total. The smallest absolute Gasteiger partial charge is 0.408 e. The lowest BCUT2D eigenvalue weighted by Crippen LogP contribution is -2.34. The van der Waals surface area contributed by atoms with Crippen molar-refractivity contribution in [3.63, 3.8) is 0 Å². The Morgan fingerprint density at radius 3 is 2.70 bits per heavy atom. The van der Waals surface area contributed by atoms with Gasteiger partial charge in [0.15, 0.2) is 0 Å². The third-order valence-electron chi connectivity index (χ3n) is 4.02. The van der Waals surface area contributed by atoms with Gasteiger partial charge in [0.1, 0.15) is 23.3 Å². The Kier molecular flexibility index (Phi) is 6.36. The van der Waals surface area contributed by atoms with Crippen molar-refractivity contribution in [1.82, 2.24) is 5.32 Å². The van der Waals surface area contributed by atoms with Crippen LogP contribution in [-0.2, 0) is 21.3 Å². The summed E-state index contributed by atoms with van der Waals surface area (Å²) in [5.74, 6) is -0.290. The van der Waals surface area contributed by atoms with Crippen LogP contribution in [0.4, 0.5) is 9.18 Å². The SMILES string of the molecule is C[C@@H](NC(=O)OC(C)(C)C)c1cc(F)cc2c1OC(CCCS(=O)(=O)O)C2. The number of fused-ring (bicyclic) bond motifs is 1. The number of hydrogen-bond acceptors (Lipinski definition) is 5. The van der Waals surface area contributed by atoms with Gasteiger partial charge >= 0.3 is 6.09 Å². The lowest BCUT2D eigenvalue weighted by Gasteiger charge is -2.23. The molecule has 0 bridgehead atoms. The molecule has 7 nitrogen and oxygen atoms in total. The lowest BCUT2D eigenvalue weighted by molar-refractivity contribution is 0.0507. The predicted octanol–water partition coefficient (Wildman–Crippen LogP) is 3.38. The highest BCUT2D eigenvalue weighted by atomic mass is 32.2. The van der Waals surface area contributed by atoms with E-state index in [9.17, 15) is 17.6 Å². The second-order valence-corrected chi connectivity index (χ2v) is 9.30. The number of ether oxygens (including phenoxy) is 2. The van der Waals surface area contributed by atoms with Crippen LogP contribution in [0.1, 0.15) is 57.7 Å². The minimum Gasteiger partial charge on any atom is -0.489 e. The molecule has 152 valence electrons. The van der Waals surface area contributed by atoms with Gasteiger partial charge in [-0.05, 0) is 52.7 Å². The maximum Gasteiger partial charge on any atom is 0.408 e. The Labute approximate surface area is 159 Å². The minimum atomic E-state index is -4.02. The van der Waals surface area contributed by atoms with Gasteiger partial charge in [0.25, 0.3) is 10.1 Å². The summed E-state index contributed by atoms with van der Waals surface area (Å²) < 4.78 is 55.6. The average Bonchev–Trinajstić information content (AvgIpc) is 2.85. The molecular weight excluding hydrogens is 377 g/mol. The Bertz CT molecular complexity index is 803. The van der Waals surface area contributed by atoms with Crippen LogP contribution in [0.5, 0.6) is 5.75 Å². The zero-order chi connectivity index (χ0) is 20.4. The Balaban J connectivity index is 2.08. The normalized spacial score (nSPS) is 17.8. The fourth-order valence-electron chi connectivity index (χ4n) is 2.96. The first-order valence-corrected chi connectivity index (χ1v) is 10.4. The molecule has 1 aliphatic heterocycles. The molecule has 9 heteroatoms. The number of alkyl carbamates (subject to hydrolysis) is 1. The van der Waals surface area contributed by atoms with Gasteiger partial charge in [0, 0.05) is 17.5 Å². The van der Waals surface area contributed by atoms with Crippen molar-refractivity contribution in [2.45, 2.75) is 64.7 Å². The van der Waals surface area contributed by atoms with E-state index in [1.54, 1.807) is 27.7 Å². The van der Waals surface area contributed by atoms with E-state index in [-0.39, 0.29) is 18.3 Å². The highest BCUT2D eigenvalue weighted by Crippen LogP contribution is 2.38. The molecule has 0 radical (unpaired) electrons.